The van der Waals surface area contributed by atoms with Crippen molar-refractivity contribution in [1.29, 1.82) is 5.41 Å². The number of hydrogen-bond acceptors (Lipinski definition) is 3. The molecule has 0 spiro atoms. The van der Waals surface area contributed by atoms with Crippen molar-refractivity contribution in [1.82, 2.24) is 4.98 Å². The second-order valence-corrected chi connectivity index (χ2v) is 3.18. The Labute approximate surface area is 93.2 Å². The third-order valence-electron chi connectivity index (χ3n) is 2.03. The van der Waals surface area contributed by atoms with E-state index in [1.165, 1.54) is 0 Å². The van der Waals surface area contributed by atoms with Crippen LogP contribution in [-0.4, -0.2) is 10.8 Å². The van der Waals surface area contributed by atoms with Gasteiger partial charge in [0.15, 0.2) is 0 Å². The predicted octanol–water partition coefficient (Wildman–Crippen LogP) is 2.16. The van der Waals surface area contributed by atoms with E-state index in [9.17, 15) is 0 Å². The molecule has 4 heteroatoms. The molecule has 4 nitrogen and oxygen atoms in total. The zero-order valence-electron chi connectivity index (χ0n) is 8.55. The van der Waals surface area contributed by atoms with Crippen molar-refractivity contribution < 1.29 is 4.74 Å². The van der Waals surface area contributed by atoms with Gasteiger partial charge in [-0.25, -0.2) is 4.98 Å². The Hall–Kier alpha value is -2.36. The van der Waals surface area contributed by atoms with Gasteiger partial charge in [-0.3, -0.25) is 5.41 Å². The highest BCUT2D eigenvalue weighted by atomic mass is 16.5. The second-order valence-electron chi connectivity index (χ2n) is 3.18. The van der Waals surface area contributed by atoms with Gasteiger partial charge in [-0.15, -0.1) is 0 Å². The molecule has 0 atom stereocenters. The van der Waals surface area contributed by atoms with Gasteiger partial charge in [-0.05, 0) is 18.2 Å². The van der Waals surface area contributed by atoms with Crippen LogP contribution in [0.2, 0.25) is 0 Å². The number of aromatic nitrogens is 1. The largest absolute Gasteiger partial charge is 0.438 e. The summed E-state index contributed by atoms with van der Waals surface area (Å²) in [6.07, 6.45) is 1.64. The van der Waals surface area contributed by atoms with Gasteiger partial charge in [0.1, 0.15) is 11.6 Å². The first kappa shape index (κ1) is 10.2. The van der Waals surface area contributed by atoms with Gasteiger partial charge in [-0.2, -0.15) is 0 Å². The van der Waals surface area contributed by atoms with E-state index in [4.69, 9.17) is 15.9 Å². The van der Waals surface area contributed by atoms with Crippen molar-refractivity contribution in [3.05, 3.63) is 54.2 Å². The molecule has 0 bridgehead atoms. The summed E-state index contributed by atoms with van der Waals surface area (Å²) in [5.74, 6) is 0.997. The normalized spacial score (nSPS) is 9.75. The van der Waals surface area contributed by atoms with Crippen LogP contribution < -0.4 is 10.5 Å². The van der Waals surface area contributed by atoms with Crippen LogP contribution >= 0.6 is 0 Å². The lowest BCUT2D eigenvalue weighted by Gasteiger charge is -2.08. The second kappa shape index (κ2) is 4.44. The van der Waals surface area contributed by atoms with Crippen molar-refractivity contribution in [3.8, 4) is 11.6 Å². The summed E-state index contributed by atoms with van der Waals surface area (Å²) < 4.78 is 5.54. The molecule has 2 rings (SSSR count). The molecule has 0 aliphatic carbocycles. The Balaban J connectivity index is 2.31. The maximum Gasteiger partial charge on any atom is 0.219 e. The quantitative estimate of drug-likeness (QED) is 0.606. The van der Waals surface area contributed by atoms with E-state index in [2.05, 4.69) is 4.98 Å². The number of nitrogens with one attached hydrogen (secondary N) is 1. The van der Waals surface area contributed by atoms with E-state index in [1.54, 1.807) is 24.4 Å². The van der Waals surface area contributed by atoms with Gasteiger partial charge >= 0.3 is 0 Å². The van der Waals surface area contributed by atoms with Crippen LogP contribution in [-0.2, 0) is 0 Å². The van der Waals surface area contributed by atoms with Gasteiger partial charge in [0.05, 0.1) is 5.56 Å². The van der Waals surface area contributed by atoms with Crippen LogP contribution in [0.25, 0.3) is 0 Å². The Morgan fingerprint density at radius 2 is 1.88 bits per heavy atom. The fraction of sp³-hybridized carbons (Fsp3) is 0. The van der Waals surface area contributed by atoms with Gasteiger partial charge in [0, 0.05) is 12.3 Å². The fourth-order valence-corrected chi connectivity index (χ4v) is 1.30. The Morgan fingerprint density at radius 1 is 1.12 bits per heavy atom. The molecule has 0 saturated heterocycles. The molecule has 1 aromatic heterocycles. The first-order valence-corrected chi connectivity index (χ1v) is 4.79. The summed E-state index contributed by atoms with van der Waals surface area (Å²) in [5.41, 5.74) is 6.01. The lowest BCUT2D eigenvalue weighted by Crippen LogP contribution is -2.12. The highest BCUT2D eigenvalue weighted by molar-refractivity contribution is 5.97. The summed E-state index contributed by atoms with van der Waals surface area (Å²) in [6.45, 7) is 0. The number of ether oxygens (including phenoxy) is 1. The van der Waals surface area contributed by atoms with E-state index in [0.717, 1.165) is 0 Å². The minimum absolute atomic E-state index is 0.0217. The summed E-state index contributed by atoms with van der Waals surface area (Å²) in [7, 11) is 0. The van der Waals surface area contributed by atoms with E-state index in [1.807, 2.05) is 24.3 Å². The maximum atomic E-state index is 7.42. The Bertz CT molecular complexity index is 497. The third kappa shape index (κ3) is 2.17. The molecule has 0 aliphatic heterocycles. The minimum Gasteiger partial charge on any atom is -0.438 e. The highest BCUT2D eigenvalue weighted by Gasteiger charge is 2.06. The molecule has 1 heterocycles. The number of rotatable bonds is 3. The van der Waals surface area contributed by atoms with Gasteiger partial charge in [0.25, 0.3) is 0 Å². The zero-order valence-corrected chi connectivity index (χ0v) is 8.55. The first-order chi connectivity index (χ1) is 7.77. The lowest BCUT2D eigenvalue weighted by molar-refractivity contribution is 0.462. The van der Waals surface area contributed by atoms with Gasteiger partial charge in [0.2, 0.25) is 5.88 Å². The molecule has 0 radical (unpaired) electrons. The molecule has 1 aromatic carbocycles. The molecule has 16 heavy (non-hydrogen) atoms. The number of benzene rings is 1. The number of amidine groups is 1. The summed E-state index contributed by atoms with van der Waals surface area (Å²) in [5, 5.41) is 7.42. The smallest absolute Gasteiger partial charge is 0.219 e. The van der Waals surface area contributed by atoms with Crippen molar-refractivity contribution in [2.45, 2.75) is 0 Å². The molecule has 3 N–H and O–H groups in total. The SMILES string of the molecule is N=C(N)c1ccccc1Oc1ccccn1. The molecular formula is C12H11N3O. The van der Waals surface area contributed by atoms with Crippen LogP contribution in [0, 0.1) is 5.41 Å². The number of nitrogens with zero attached hydrogens (tertiary/aromatic N) is 1. The Kier molecular flexibility index (Phi) is 2.82. The van der Waals surface area contributed by atoms with Gasteiger partial charge < -0.3 is 10.5 Å². The van der Waals surface area contributed by atoms with E-state index < -0.39 is 0 Å². The first-order valence-electron chi connectivity index (χ1n) is 4.79. The van der Waals surface area contributed by atoms with Gasteiger partial charge in [-0.1, -0.05) is 18.2 Å². The van der Waals surface area contributed by atoms with Crippen LogP contribution in [0.4, 0.5) is 0 Å². The lowest BCUT2D eigenvalue weighted by atomic mass is 10.2. The standard InChI is InChI=1S/C12H11N3O/c13-12(14)9-5-1-2-6-10(9)16-11-7-3-4-8-15-11/h1-8H,(H3,13,14). The fourth-order valence-electron chi connectivity index (χ4n) is 1.30. The van der Waals surface area contributed by atoms with E-state index in [0.29, 0.717) is 17.2 Å². The summed E-state index contributed by atoms with van der Waals surface area (Å²) in [4.78, 5) is 4.04. The monoisotopic (exact) mass is 213 g/mol. The molecule has 2 aromatic rings. The third-order valence-corrected chi connectivity index (χ3v) is 2.03. The van der Waals surface area contributed by atoms with Crippen LogP contribution in [0.5, 0.6) is 11.6 Å². The number of para-hydroxylation sites is 1. The van der Waals surface area contributed by atoms with Crippen LogP contribution in [0.1, 0.15) is 5.56 Å². The van der Waals surface area contributed by atoms with Crippen molar-refractivity contribution in [3.63, 3.8) is 0 Å². The number of nitrogen functional groups attached to an aromatic ring is 1. The van der Waals surface area contributed by atoms with E-state index in [-0.39, 0.29) is 5.84 Å². The van der Waals surface area contributed by atoms with Crippen molar-refractivity contribution in [2.24, 2.45) is 5.73 Å². The van der Waals surface area contributed by atoms with Crippen molar-refractivity contribution >= 4 is 5.84 Å². The van der Waals surface area contributed by atoms with E-state index >= 15 is 0 Å². The van der Waals surface area contributed by atoms with Crippen LogP contribution in [0.15, 0.2) is 48.7 Å². The molecule has 0 aliphatic rings. The molecule has 0 amide bonds. The number of hydrogen-bond donors (Lipinski definition) is 2. The van der Waals surface area contributed by atoms with Crippen LogP contribution in [0.3, 0.4) is 0 Å². The predicted molar refractivity (Wildman–Crippen MR) is 61.8 cm³/mol. The molecular weight excluding hydrogens is 202 g/mol. The average molecular weight is 213 g/mol. The molecule has 0 fully saturated rings. The maximum absolute atomic E-state index is 7.42. The molecule has 0 saturated carbocycles. The molecule has 80 valence electrons. The Morgan fingerprint density at radius 3 is 2.56 bits per heavy atom. The molecule has 0 unspecified atom stereocenters. The summed E-state index contributed by atoms with van der Waals surface area (Å²) >= 11 is 0. The number of pyridine rings is 1. The topological polar surface area (TPSA) is 72.0 Å². The summed E-state index contributed by atoms with van der Waals surface area (Å²) in [6, 6.07) is 12.5. The minimum atomic E-state index is -0.0217. The average Bonchev–Trinajstić information content (AvgIpc) is 2.31. The number of nitrogens with two attached hydrogens (primary N) is 1. The van der Waals surface area contributed by atoms with Crippen molar-refractivity contribution in [2.75, 3.05) is 0 Å². The zero-order chi connectivity index (χ0) is 11.4. The highest BCUT2D eigenvalue weighted by Crippen LogP contribution is 2.22.